The van der Waals surface area contributed by atoms with E-state index in [0.717, 1.165) is 25.0 Å². The fourth-order valence-electron chi connectivity index (χ4n) is 1.63. The van der Waals surface area contributed by atoms with Gasteiger partial charge in [-0.2, -0.15) is 0 Å². The van der Waals surface area contributed by atoms with Crippen molar-refractivity contribution in [2.24, 2.45) is 5.41 Å². The van der Waals surface area contributed by atoms with Crippen LogP contribution in [-0.2, 0) is 4.74 Å². The molecule has 0 saturated carbocycles. The van der Waals surface area contributed by atoms with Gasteiger partial charge in [-0.05, 0) is 29.9 Å². The molecule has 0 fully saturated rings. The Bertz CT molecular complexity index is 228. The van der Waals surface area contributed by atoms with Gasteiger partial charge in [0.25, 0.3) is 0 Å². The molecule has 0 saturated heterocycles. The SMILES string of the molecule is COC1=CC(CC(C)(C)C)=CCC1. The van der Waals surface area contributed by atoms with Crippen LogP contribution in [0.25, 0.3) is 0 Å². The van der Waals surface area contributed by atoms with E-state index in [2.05, 4.69) is 32.9 Å². The lowest BCUT2D eigenvalue weighted by Gasteiger charge is -2.21. The van der Waals surface area contributed by atoms with Crippen LogP contribution < -0.4 is 0 Å². The first-order chi connectivity index (χ1) is 6.01. The molecule has 0 radical (unpaired) electrons. The number of allylic oxidation sites excluding steroid dienone is 4. The minimum Gasteiger partial charge on any atom is -0.501 e. The molecule has 1 rings (SSSR count). The predicted molar refractivity (Wildman–Crippen MR) is 56.5 cm³/mol. The van der Waals surface area contributed by atoms with Crippen molar-refractivity contribution in [3.05, 3.63) is 23.5 Å². The van der Waals surface area contributed by atoms with Crippen molar-refractivity contribution in [3.63, 3.8) is 0 Å². The molecule has 0 aliphatic heterocycles. The zero-order chi connectivity index (χ0) is 9.90. The maximum Gasteiger partial charge on any atom is 0.0961 e. The molecule has 0 bridgehead atoms. The van der Waals surface area contributed by atoms with Crippen LogP contribution in [0.4, 0.5) is 0 Å². The molecule has 0 N–H and O–H groups in total. The number of ether oxygens (including phenoxy) is 1. The highest BCUT2D eigenvalue weighted by Gasteiger charge is 2.14. The third-order valence-corrected chi connectivity index (χ3v) is 2.14. The molecular weight excluding hydrogens is 160 g/mol. The molecule has 0 aromatic rings. The van der Waals surface area contributed by atoms with Gasteiger partial charge in [-0.15, -0.1) is 0 Å². The van der Waals surface area contributed by atoms with Crippen molar-refractivity contribution in [1.29, 1.82) is 0 Å². The second-order valence-corrected chi connectivity index (χ2v) is 4.87. The van der Waals surface area contributed by atoms with Gasteiger partial charge in [0.05, 0.1) is 12.9 Å². The van der Waals surface area contributed by atoms with Crippen LogP contribution in [0.3, 0.4) is 0 Å². The predicted octanol–water partition coefficient (Wildman–Crippen LogP) is 3.67. The van der Waals surface area contributed by atoms with Crippen LogP contribution in [0.2, 0.25) is 0 Å². The Balaban J connectivity index is 2.61. The lowest BCUT2D eigenvalue weighted by atomic mass is 9.86. The fraction of sp³-hybridized carbons (Fsp3) is 0.667. The molecule has 1 nitrogen and oxygen atoms in total. The van der Waals surface area contributed by atoms with E-state index in [-0.39, 0.29) is 0 Å². The van der Waals surface area contributed by atoms with E-state index in [1.165, 1.54) is 5.57 Å². The highest BCUT2D eigenvalue weighted by atomic mass is 16.5. The molecule has 1 aliphatic carbocycles. The van der Waals surface area contributed by atoms with E-state index >= 15 is 0 Å². The maximum atomic E-state index is 5.26. The van der Waals surface area contributed by atoms with Crippen molar-refractivity contribution in [3.8, 4) is 0 Å². The minimum absolute atomic E-state index is 0.374. The highest BCUT2D eigenvalue weighted by molar-refractivity contribution is 5.26. The van der Waals surface area contributed by atoms with Crippen LogP contribution in [0, 0.1) is 5.41 Å². The molecule has 13 heavy (non-hydrogen) atoms. The summed E-state index contributed by atoms with van der Waals surface area (Å²) >= 11 is 0. The third-order valence-electron chi connectivity index (χ3n) is 2.14. The number of hydrogen-bond donors (Lipinski definition) is 0. The van der Waals surface area contributed by atoms with Gasteiger partial charge in [-0.3, -0.25) is 0 Å². The topological polar surface area (TPSA) is 9.23 Å². The first-order valence-corrected chi connectivity index (χ1v) is 4.95. The quantitative estimate of drug-likeness (QED) is 0.630. The Morgan fingerprint density at radius 1 is 1.38 bits per heavy atom. The summed E-state index contributed by atoms with van der Waals surface area (Å²) in [4.78, 5) is 0. The van der Waals surface area contributed by atoms with Crippen LogP contribution in [0.1, 0.15) is 40.0 Å². The molecule has 0 aromatic carbocycles. The van der Waals surface area contributed by atoms with E-state index in [4.69, 9.17) is 4.74 Å². The summed E-state index contributed by atoms with van der Waals surface area (Å²) in [5, 5.41) is 0. The van der Waals surface area contributed by atoms with Crippen LogP contribution in [-0.4, -0.2) is 7.11 Å². The van der Waals surface area contributed by atoms with Gasteiger partial charge < -0.3 is 4.74 Å². The first kappa shape index (κ1) is 10.4. The minimum atomic E-state index is 0.374. The lowest BCUT2D eigenvalue weighted by Crippen LogP contribution is -2.07. The molecule has 1 aliphatic rings. The van der Waals surface area contributed by atoms with Crippen LogP contribution in [0.15, 0.2) is 23.5 Å². The Morgan fingerprint density at radius 2 is 2.08 bits per heavy atom. The summed E-state index contributed by atoms with van der Waals surface area (Å²) < 4.78 is 5.26. The second kappa shape index (κ2) is 3.99. The summed E-state index contributed by atoms with van der Waals surface area (Å²) in [6, 6.07) is 0. The molecule has 0 atom stereocenters. The summed E-state index contributed by atoms with van der Waals surface area (Å²) in [6.45, 7) is 6.80. The summed E-state index contributed by atoms with van der Waals surface area (Å²) in [6.07, 6.45) is 7.84. The monoisotopic (exact) mass is 180 g/mol. The van der Waals surface area contributed by atoms with E-state index in [1.807, 2.05) is 0 Å². The molecule has 0 amide bonds. The normalized spacial score (nSPS) is 17.8. The number of rotatable bonds is 2. The average Bonchev–Trinajstić information content (AvgIpc) is 2.01. The molecule has 0 spiro atoms. The van der Waals surface area contributed by atoms with Gasteiger partial charge in [0, 0.05) is 6.42 Å². The van der Waals surface area contributed by atoms with Gasteiger partial charge in [0.2, 0.25) is 0 Å². The zero-order valence-corrected chi connectivity index (χ0v) is 9.18. The van der Waals surface area contributed by atoms with Crippen LogP contribution >= 0.6 is 0 Å². The van der Waals surface area contributed by atoms with Gasteiger partial charge in [0.1, 0.15) is 0 Å². The van der Waals surface area contributed by atoms with Gasteiger partial charge in [-0.1, -0.05) is 26.8 Å². The van der Waals surface area contributed by atoms with Gasteiger partial charge >= 0.3 is 0 Å². The van der Waals surface area contributed by atoms with Crippen molar-refractivity contribution in [2.45, 2.75) is 40.0 Å². The van der Waals surface area contributed by atoms with Crippen molar-refractivity contribution in [1.82, 2.24) is 0 Å². The number of methoxy groups -OCH3 is 1. The maximum absolute atomic E-state index is 5.26. The standard InChI is InChI=1S/C12H20O/c1-12(2,3)9-10-6-5-7-11(8-10)13-4/h6,8H,5,7,9H2,1-4H3. The average molecular weight is 180 g/mol. The smallest absolute Gasteiger partial charge is 0.0961 e. The lowest BCUT2D eigenvalue weighted by molar-refractivity contribution is 0.275. The highest BCUT2D eigenvalue weighted by Crippen LogP contribution is 2.28. The van der Waals surface area contributed by atoms with E-state index < -0.39 is 0 Å². The Kier molecular flexibility index (Phi) is 3.18. The molecule has 0 aromatic heterocycles. The van der Waals surface area contributed by atoms with Gasteiger partial charge in [-0.25, -0.2) is 0 Å². The van der Waals surface area contributed by atoms with Gasteiger partial charge in [0.15, 0.2) is 0 Å². The molecule has 0 unspecified atom stereocenters. The van der Waals surface area contributed by atoms with Crippen molar-refractivity contribution in [2.75, 3.05) is 7.11 Å². The summed E-state index contributed by atoms with van der Waals surface area (Å²) in [5.74, 6) is 1.13. The first-order valence-electron chi connectivity index (χ1n) is 4.95. The molecule has 74 valence electrons. The van der Waals surface area contributed by atoms with Crippen molar-refractivity contribution < 1.29 is 4.74 Å². The largest absolute Gasteiger partial charge is 0.501 e. The molecular formula is C12H20O. The summed E-state index contributed by atoms with van der Waals surface area (Å²) in [7, 11) is 1.76. The Hall–Kier alpha value is -0.720. The second-order valence-electron chi connectivity index (χ2n) is 4.87. The third kappa shape index (κ3) is 3.67. The molecule has 0 heterocycles. The van der Waals surface area contributed by atoms with E-state index in [9.17, 15) is 0 Å². The fourth-order valence-corrected chi connectivity index (χ4v) is 1.63. The van der Waals surface area contributed by atoms with Crippen LogP contribution in [0.5, 0.6) is 0 Å². The summed E-state index contributed by atoms with van der Waals surface area (Å²) in [5.41, 5.74) is 1.80. The van der Waals surface area contributed by atoms with E-state index in [0.29, 0.717) is 5.41 Å². The zero-order valence-electron chi connectivity index (χ0n) is 9.18. The Labute approximate surface area is 81.5 Å². The molecule has 1 heteroatoms. The van der Waals surface area contributed by atoms with E-state index in [1.54, 1.807) is 7.11 Å². The Morgan fingerprint density at radius 3 is 2.62 bits per heavy atom. The number of hydrogen-bond acceptors (Lipinski definition) is 1. The van der Waals surface area contributed by atoms with Crippen molar-refractivity contribution >= 4 is 0 Å².